The van der Waals surface area contributed by atoms with E-state index in [-0.39, 0.29) is 11.5 Å². The van der Waals surface area contributed by atoms with Gasteiger partial charge in [-0.1, -0.05) is 0 Å². The summed E-state index contributed by atoms with van der Waals surface area (Å²) in [5.74, 6) is 0.0791. The van der Waals surface area contributed by atoms with Crippen molar-refractivity contribution in [1.29, 1.82) is 0 Å². The van der Waals surface area contributed by atoms with Gasteiger partial charge in [-0.15, -0.1) is 0 Å². The molecular formula is C12H12N2O2S. The Hall–Kier alpha value is -1.75. The molecule has 0 aliphatic heterocycles. The maximum absolute atomic E-state index is 11.9. The van der Waals surface area contributed by atoms with Gasteiger partial charge in [0.2, 0.25) is 0 Å². The van der Waals surface area contributed by atoms with E-state index < -0.39 is 9.84 Å². The number of pyridine rings is 2. The first-order chi connectivity index (χ1) is 8.16. The smallest absolute Gasteiger partial charge is 0.158 e. The number of aromatic nitrogens is 2. The van der Waals surface area contributed by atoms with E-state index in [1.54, 1.807) is 49.1 Å². The van der Waals surface area contributed by atoms with Gasteiger partial charge < -0.3 is 0 Å². The second-order valence-electron chi connectivity index (χ2n) is 3.74. The molecule has 0 N–H and O–H groups in total. The monoisotopic (exact) mass is 248 g/mol. The minimum atomic E-state index is -3.14. The number of hydrogen-bond donors (Lipinski definition) is 0. The quantitative estimate of drug-likeness (QED) is 0.824. The Morgan fingerprint density at radius 1 is 0.765 bits per heavy atom. The second kappa shape index (κ2) is 5.05. The van der Waals surface area contributed by atoms with Crippen molar-refractivity contribution < 1.29 is 8.42 Å². The van der Waals surface area contributed by atoms with Gasteiger partial charge in [-0.25, -0.2) is 8.42 Å². The van der Waals surface area contributed by atoms with E-state index in [0.717, 1.165) is 11.1 Å². The molecule has 0 bridgehead atoms. The lowest BCUT2D eigenvalue weighted by Gasteiger charge is -2.04. The van der Waals surface area contributed by atoms with Crippen molar-refractivity contribution >= 4 is 9.84 Å². The van der Waals surface area contributed by atoms with Crippen LogP contribution in [0.4, 0.5) is 0 Å². The van der Waals surface area contributed by atoms with E-state index in [1.807, 2.05) is 0 Å². The molecule has 0 aromatic carbocycles. The lowest BCUT2D eigenvalue weighted by molar-refractivity contribution is 0.594. The van der Waals surface area contributed by atoms with Crippen molar-refractivity contribution in [3.8, 4) is 0 Å². The summed E-state index contributed by atoms with van der Waals surface area (Å²) in [5.41, 5.74) is 1.52. The minimum Gasteiger partial charge on any atom is -0.265 e. The maximum Gasteiger partial charge on any atom is 0.158 e. The predicted octanol–water partition coefficient (Wildman–Crippen LogP) is 1.59. The summed E-state index contributed by atoms with van der Waals surface area (Å²) in [6, 6.07) is 6.85. The van der Waals surface area contributed by atoms with E-state index in [0.29, 0.717) is 0 Å². The molecule has 0 saturated carbocycles. The minimum absolute atomic E-state index is 0.0395. The standard InChI is InChI=1S/C12H12N2O2S/c15-17(16,9-11-1-5-13-6-2-11)10-12-3-7-14-8-4-12/h1-8H,9-10H2. The second-order valence-corrected chi connectivity index (χ2v) is 5.81. The van der Waals surface area contributed by atoms with E-state index in [9.17, 15) is 8.42 Å². The third-order valence-electron chi connectivity index (χ3n) is 2.27. The Labute approximate surface area is 100 Å². The first-order valence-corrected chi connectivity index (χ1v) is 6.96. The molecule has 4 nitrogen and oxygen atoms in total. The fourth-order valence-electron chi connectivity index (χ4n) is 1.52. The van der Waals surface area contributed by atoms with Crippen LogP contribution >= 0.6 is 0 Å². The van der Waals surface area contributed by atoms with Gasteiger partial charge in [0, 0.05) is 24.8 Å². The molecular weight excluding hydrogens is 236 g/mol. The van der Waals surface area contributed by atoms with Crippen molar-refractivity contribution in [1.82, 2.24) is 9.97 Å². The molecule has 17 heavy (non-hydrogen) atoms. The van der Waals surface area contributed by atoms with Crippen LogP contribution in [-0.4, -0.2) is 18.4 Å². The van der Waals surface area contributed by atoms with Crippen molar-refractivity contribution in [3.05, 3.63) is 60.2 Å². The van der Waals surface area contributed by atoms with Gasteiger partial charge in [0.05, 0.1) is 11.5 Å². The first kappa shape index (κ1) is 11.7. The van der Waals surface area contributed by atoms with Crippen LogP contribution in [0, 0.1) is 0 Å². The predicted molar refractivity (Wildman–Crippen MR) is 64.8 cm³/mol. The first-order valence-electron chi connectivity index (χ1n) is 5.14. The summed E-state index contributed by atoms with van der Waals surface area (Å²) in [6.07, 6.45) is 6.38. The van der Waals surface area contributed by atoms with Crippen LogP contribution < -0.4 is 0 Å². The molecule has 0 amide bonds. The van der Waals surface area contributed by atoms with E-state index in [2.05, 4.69) is 9.97 Å². The molecule has 0 spiro atoms. The zero-order valence-electron chi connectivity index (χ0n) is 9.15. The molecule has 0 aliphatic carbocycles. The van der Waals surface area contributed by atoms with Gasteiger partial charge in [0.15, 0.2) is 9.84 Å². The summed E-state index contributed by atoms with van der Waals surface area (Å²) in [6.45, 7) is 0. The zero-order valence-corrected chi connectivity index (χ0v) is 9.97. The van der Waals surface area contributed by atoms with Crippen LogP contribution in [0.1, 0.15) is 11.1 Å². The number of hydrogen-bond acceptors (Lipinski definition) is 4. The fraction of sp³-hybridized carbons (Fsp3) is 0.167. The Morgan fingerprint density at radius 2 is 1.12 bits per heavy atom. The Balaban J connectivity index is 2.11. The summed E-state index contributed by atoms with van der Waals surface area (Å²) >= 11 is 0. The van der Waals surface area contributed by atoms with E-state index in [4.69, 9.17) is 0 Å². The van der Waals surface area contributed by atoms with Gasteiger partial charge >= 0.3 is 0 Å². The van der Waals surface area contributed by atoms with Crippen LogP contribution in [0.2, 0.25) is 0 Å². The number of rotatable bonds is 4. The molecule has 2 rings (SSSR count). The third-order valence-corrected chi connectivity index (χ3v) is 3.82. The molecule has 2 aromatic heterocycles. The van der Waals surface area contributed by atoms with Crippen LogP contribution in [0.15, 0.2) is 49.1 Å². The normalized spacial score (nSPS) is 11.3. The molecule has 2 heterocycles. The van der Waals surface area contributed by atoms with Crippen molar-refractivity contribution in [2.24, 2.45) is 0 Å². The lowest BCUT2D eigenvalue weighted by Crippen LogP contribution is -2.07. The largest absolute Gasteiger partial charge is 0.265 e. The van der Waals surface area contributed by atoms with Gasteiger partial charge in [-0.3, -0.25) is 9.97 Å². The van der Waals surface area contributed by atoms with Gasteiger partial charge in [-0.2, -0.15) is 0 Å². The molecule has 0 unspecified atom stereocenters. The summed E-state index contributed by atoms with van der Waals surface area (Å²) in [4.78, 5) is 7.71. The average molecular weight is 248 g/mol. The Bertz CT molecular complexity index is 520. The topological polar surface area (TPSA) is 59.9 Å². The zero-order chi connectivity index (χ0) is 12.1. The molecule has 2 aromatic rings. The molecule has 0 aliphatic rings. The van der Waals surface area contributed by atoms with Gasteiger partial charge in [0.25, 0.3) is 0 Å². The van der Waals surface area contributed by atoms with Crippen molar-refractivity contribution in [2.45, 2.75) is 11.5 Å². The van der Waals surface area contributed by atoms with Gasteiger partial charge in [-0.05, 0) is 35.4 Å². The highest BCUT2D eigenvalue weighted by Gasteiger charge is 2.12. The highest BCUT2D eigenvalue weighted by Crippen LogP contribution is 2.10. The number of nitrogens with zero attached hydrogens (tertiary/aromatic N) is 2. The Kier molecular flexibility index (Phi) is 3.49. The highest BCUT2D eigenvalue weighted by atomic mass is 32.2. The molecule has 0 radical (unpaired) electrons. The van der Waals surface area contributed by atoms with Gasteiger partial charge in [0.1, 0.15) is 0 Å². The summed E-state index contributed by atoms with van der Waals surface area (Å²) in [7, 11) is -3.14. The van der Waals surface area contributed by atoms with Crippen molar-refractivity contribution in [3.63, 3.8) is 0 Å². The molecule has 0 saturated heterocycles. The average Bonchev–Trinajstić information content (AvgIpc) is 2.30. The molecule has 0 atom stereocenters. The SMILES string of the molecule is O=S(=O)(Cc1ccncc1)Cc1ccncc1. The van der Waals surface area contributed by atoms with Crippen molar-refractivity contribution in [2.75, 3.05) is 0 Å². The van der Waals surface area contributed by atoms with Crippen LogP contribution in [-0.2, 0) is 21.3 Å². The maximum atomic E-state index is 11.9. The summed E-state index contributed by atoms with van der Waals surface area (Å²) in [5, 5.41) is 0. The molecule has 0 fully saturated rings. The molecule has 5 heteroatoms. The highest BCUT2D eigenvalue weighted by molar-refractivity contribution is 7.89. The Morgan fingerprint density at radius 3 is 1.47 bits per heavy atom. The summed E-state index contributed by atoms with van der Waals surface area (Å²) < 4.78 is 23.9. The fourth-order valence-corrected chi connectivity index (χ4v) is 3.02. The molecule has 88 valence electrons. The van der Waals surface area contributed by atoms with Crippen LogP contribution in [0.3, 0.4) is 0 Å². The van der Waals surface area contributed by atoms with E-state index >= 15 is 0 Å². The van der Waals surface area contributed by atoms with E-state index in [1.165, 1.54) is 0 Å². The lowest BCUT2D eigenvalue weighted by atomic mass is 10.3. The third kappa shape index (κ3) is 3.64. The van der Waals surface area contributed by atoms with Crippen LogP contribution in [0.25, 0.3) is 0 Å². The number of sulfone groups is 1. The van der Waals surface area contributed by atoms with Crippen LogP contribution in [0.5, 0.6) is 0 Å².